The lowest BCUT2D eigenvalue weighted by atomic mass is 9.97. The van der Waals surface area contributed by atoms with Gasteiger partial charge in [0, 0.05) is 34.1 Å². The van der Waals surface area contributed by atoms with Gasteiger partial charge in [0.25, 0.3) is 0 Å². The number of nitrogens with one attached hydrogen (secondary N) is 1. The molecule has 4 aromatic rings. The van der Waals surface area contributed by atoms with Gasteiger partial charge in [-0.2, -0.15) is 0 Å². The third-order valence-electron chi connectivity index (χ3n) is 7.33. The van der Waals surface area contributed by atoms with Gasteiger partial charge >= 0.3 is 7.60 Å². The molecule has 6 rings (SSSR count). The van der Waals surface area contributed by atoms with Crippen molar-refractivity contribution >= 4 is 41.5 Å². The van der Waals surface area contributed by atoms with Crippen LogP contribution in [0.5, 0.6) is 5.75 Å². The van der Waals surface area contributed by atoms with E-state index in [1.54, 1.807) is 0 Å². The van der Waals surface area contributed by atoms with Crippen molar-refractivity contribution in [3.05, 3.63) is 132 Å². The predicted molar refractivity (Wildman–Crippen MR) is 171 cm³/mol. The van der Waals surface area contributed by atoms with Gasteiger partial charge < -0.3 is 13.8 Å². The molecule has 2 heterocycles. The molecule has 2 aliphatic rings. The van der Waals surface area contributed by atoms with E-state index in [1.165, 1.54) is 0 Å². The van der Waals surface area contributed by atoms with Gasteiger partial charge in [0.1, 0.15) is 16.8 Å². The van der Waals surface area contributed by atoms with E-state index in [2.05, 4.69) is 35.4 Å². The molecule has 0 aliphatic carbocycles. The van der Waals surface area contributed by atoms with Crippen LogP contribution in [0.25, 0.3) is 5.31 Å². The second-order valence-corrected chi connectivity index (χ2v) is 17.3. The first-order valence-electron chi connectivity index (χ1n) is 13.7. The predicted octanol–water partition coefficient (Wildman–Crippen LogP) is 7.78. The van der Waals surface area contributed by atoms with Crippen LogP contribution in [0.2, 0.25) is 0 Å². The summed E-state index contributed by atoms with van der Waals surface area (Å²) in [4.78, 5) is 0. The van der Waals surface area contributed by atoms with Crippen LogP contribution in [0.4, 0.5) is 0 Å². The molecule has 0 bridgehead atoms. The van der Waals surface area contributed by atoms with E-state index in [1.807, 2.05) is 98.8 Å². The minimum absolute atomic E-state index is 0.201. The van der Waals surface area contributed by atoms with Crippen molar-refractivity contribution < 1.29 is 18.3 Å². The van der Waals surface area contributed by atoms with Crippen molar-refractivity contribution in [1.82, 2.24) is 5.09 Å². The Labute approximate surface area is 247 Å². The van der Waals surface area contributed by atoms with Gasteiger partial charge in [-0.25, -0.2) is 0 Å². The van der Waals surface area contributed by atoms with Gasteiger partial charge in [-0.1, -0.05) is 135 Å². The number of hydrogen-bond donors (Lipinski definition) is 1. The monoisotopic (exact) mass is 601 g/mol. The highest BCUT2D eigenvalue weighted by Crippen LogP contribution is 2.66. The lowest BCUT2D eigenvalue weighted by Gasteiger charge is -2.38. The molecule has 2 aliphatic heterocycles. The zero-order valence-electron chi connectivity index (χ0n) is 23.1. The highest BCUT2D eigenvalue weighted by Gasteiger charge is 2.44. The second-order valence-electron chi connectivity index (χ2n) is 11.2. The van der Waals surface area contributed by atoms with Crippen molar-refractivity contribution in [3.8, 4) is 5.75 Å². The van der Waals surface area contributed by atoms with Crippen LogP contribution in [0.15, 0.2) is 121 Å². The smallest absolute Gasteiger partial charge is 0.365 e. The summed E-state index contributed by atoms with van der Waals surface area (Å²) in [5.74, 6) is 1.27. The lowest BCUT2D eigenvalue weighted by Crippen LogP contribution is -2.33. The summed E-state index contributed by atoms with van der Waals surface area (Å²) in [6, 6.07) is 37.9. The highest BCUT2D eigenvalue weighted by molar-refractivity contribution is 8.20. The van der Waals surface area contributed by atoms with Crippen LogP contribution < -0.4 is 20.4 Å². The fourth-order valence-corrected chi connectivity index (χ4v) is 11.0. The molecule has 0 amide bonds. The van der Waals surface area contributed by atoms with E-state index < -0.39 is 13.8 Å². The Hall–Kier alpha value is -2.82. The summed E-state index contributed by atoms with van der Waals surface area (Å²) >= 11 is 6.55. The maximum Gasteiger partial charge on any atom is 0.365 e. The number of benzene rings is 4. The molecule has 41 heavy (non-hydrogen) atoms. The molecule has 5 nitrogen and oxygen atoms in total. The number of rotatable bonds is 6. The standard InChI is InChI=1S/C33H33NO4P2S/c1-33(2)23-36-40(35,37-24-33)32(25-14-6-3-7-15-25)31-22-29(28-20-12-13-21-30(28)38-31)34-39(41,26-16-8-4-9-17-26)27-18-10-5-11-19-27/h3-21,29H,22-24H2,1-2H3,(H,34,41)/b32-31-. The zero-order valence-corrected chi connectivity index (χ0v) is 25.7. The minimum atomic E-state index is -3.69. The number of para-hydroxylation sites is 1. The SMILES string of the molecule is CC1(C)COP(=O)(/C(=C2/CC(NP(=S)(c3ccccc3)c3ccccc3)c3ccccc3O2)c2ccccc2)OC1. The molecule has 0 saturated carbocycles. The minimum Gasteiger partial charge on any atom is -0.460 e. The summed E-state index contributed by atoms with van der Waals surface area (Å²) in [6.07, 6.45) is -2.04. The van der Waals surface area contributed by atoms with Crippen molar-refractivity contribution in [1.29, 1.82) is 0 Å². The van der Waals surface area contributed by atoms with E-state index in [0.717, 1.165) is 21.7 Å². The Kier molecular flexibility index (Phi) is 7.91. The first-order chi connectivity index (χ1) is 19.8. The van der Waals surface area contributed by atoms with Gasteiger partial charge in [0.05, 0.1) is 19.4 Å². The van der Waals surface area contributed by atoms with E-state index >= 15 is 0 Å². The van der Waals surface area contributed by atoms with Gasteiger partial charge in [-0.3, -0.25) is 9.65 Å². The molecule has 0 aromatic heterocycles. The first kappa shape index (κ1) is 28.3. The van der Waals surface area contributed by atoms with Crippen molar-refractivity contribution in [2.24, 2.45) is 5.41 Å². The highest BCUT2D eigenvalue weighted by atomic mass is 32.4. The number of hydrogen-bond acceptors (Lipinski definition) is 5. The molecule has 210 valence electrons. The molecule has 0 radical (unpaired) electrons. The van der Waals surface area contributed by atoms with Crippen molar-refractivity contribution in [3.63, 3.8) is 0 Å². The molecule has 1 unspecified atom stereocenters. The summed E-state index contributed by atoms with van der Waals surface area (Å²) in [5, 5.41) is 6.55. The summed E-state index contributed by atoms with van der Waals surface area (Å²) in [5.41, 5.74) is 1.53. The third kappa shape index (κ3) is 5.79. The summed E-state index contributed by atoms with van der Waals surface area (Å²) < 4.78 is 33.2. The molecular weight excluding hydrogens is 568 g/mol. The van der Waals surface area contributed by atoms with Crippen LogP contribution in [0.3, 0.4) is 0 Å². The first-order valence-corrected chi connectivity index (χ1v) is 18.1. The van der Waals surface area contributed by atoms with Crippen LogP contribution in [-0.4, -0.2) is 13.2 Å². The Morgan fingerprint density at radius 3 is 1.90 bits per heavy atom. The quantitative estimate of drug-likeness (QED) is 0.228. The molecule has 0 spiro atoms. The maximum absolute atomic E-state index is 14.5. The van der Waals surface area contributed by atoms with Crippen molar-refractivity contribution in [2.75, 3.05) is 13.2 Å². The average Bonchev–Trinajstić information content (AvgIpc) is 3.00. The zero-order chi connectivity index (χ0) is 28.5. The Morgan fingerprint density at radius 2 is 1.32 bits per heavy atom. The Bertz CT molecular complexity index is 1600. The molecule has 4 aromatic carbocycles. The van der Waals surface area contributed by atoms with Gasteiger partial charge in [0.15, 0.2) is 0 Å². The van der Waals surface area contributed by atoms with Gasteiger partial charge in [-0.15, -0.1) is 0 Å². The second kappa shape index (κ2) is 11.5. The fourth-order valence-electron chi connectivity index (χ4n) is 5.18. The van der Waals surface area contributed by atoms with E-state index in [4.69, 9.17) is 25.6 Å². The summed E-state index contributed by atoms with van der Waals surface area (Å²) in [7, 11) is -3.69. The Balaban J connectivity index is 1.49. The largest absolute Gasteiger partial charge is 0.460 e. The number of ether oxygens (including phenoxy) is 1. The van der Waals surface area contributed by atoms with E-state index in [0.29, 0.717) is 36.5 Å². The molecular formula is C33H33NO4P2S. The van der Waals surface area contributed by atoms with E-state index in [-0.39, 0.29) is 11.5 Å². The van der Waals surface area contributed by atoms with Crippen LogP contribution in [0.1, 0.15) is 37.4 Å². The lowest BCUT2D eigenvalue weighted by molar-refractivity contribution is 0.0465. The van der Waals surface area contributed by atoms with Crippen LogP contribution in [0, 0.1) is 5.41 Å². The Morgan fingerprint density at radius 1 is 0.805 bits per heavy atom. The third-order valence-corrected chi connectivity index (χ3v) is 13.6. The van der Waals surface area contributed by atoms with Gasteiger partial charge in [-0.05, 0) is 11.6 Å². The fraction of sp³-hybridized carbons (Fsp3) is 0.212. The van der Waals surface area contributed by atoms with Crippen molar-refractivity contribution in [2.45, 2.75) is 26.3 Å². The maximum atomic E-state index is 14.5. The average molecular weight is 602 g/mol. The summed E-state index contributed by atoms with van der Waals surface area (Å²) in [6.45, 7) is 4.74. The normalized spacial score (nSPS) is 20.9. The van der Waals surface area contributed by atoms with Crippen LogP contribution >= 0.6 is 13.8 Å². The molecule has 1 N–H and O–H groups in total. The molecule has 8 heteroatoms. The number of fused-ring (bicyclic) bond motifs is 1. The van der Waals surface area contributed by atoms with Crippen LogP contribution in [-0.2, 0) is 25.4 Å². The molecule has 1 fully saturated rings. The molecule has 1 atom stereocenters. The molecule has 1 saturated heterocycles. The van der Waals surface area contributed by atoms with Gasteiger partial charge in [0.2, 0.25) is 0 Å². The topological polar surface area (TPSA) is 56.8 Å². The van der Waals surface area contributed by atoms with E-state index in [9.17, 15) is 4.57 Å².